The van der Waals surface area contributed by atoms with Gasteiger partial charge in [-0.15, -0.1) is 0 Å². The summed E-state index contributed by atoms with van der Waals surface area (Å²) >= 11 is 0. The van der Waals surface area contributed by atoms with Gasteiger partial charge in [-0.3, -0.25) is 4.79 Å². The maximum atomic E-state index is 11.6. The van der Waals surface area contributed by atoms with Gasteiger partial charge in [0.2, 0.25) is 0 Å². The van der Waals surface area contributed by atoms with E-state index in [2.05, 4.69) is 15.4 Å². The monoisotopic (exact) mass is 274 g/mol. The van der Waals surface area contributed by atoms with E-state index in [-0.39, 0.29) is 18.9 Å². The molecule has 0 aromatic carbocycles. The van der Waals surface area contributed by atoms with Gasteiger partial charge >= 0.3 is 18.0 Å². The first-order chi connectivity index (χ1) is 8.94. The Labute approximate surface area is 112 Å². The van der Waals surface area contributed by atoms with Crippen LogP contribution in [0.15, 0.2) is 0 Å². The normalized spacial score (nSPS) is 11.8. The van der Waals surface area contributed by atoms with Crippen LogP contribution in [0.5, 0.6) is 0 Å². The first-order valence-electron chi connectivity index (χ1n) is 6.31. The molecule has 0 aliphatic rings. The molecule has 0 aromatic heterocycles. The summed E-state index contributed by atoms with van der Waals surface area (Å²) in [4.78, 5) is 33.5. The number of nitrogens with one attached hydrogen (secondary N) is 2. The smallest absolute Gasteiger partial charge is 0.326 e. The number of carboxylic acids is 1. The molecule has 1 atom stereocenters. The molecule has 7 heteroatoms. The molecule has 0 spiro atoms. The minimum Gasteiger partial charge on any atom is -0.480 e. The fourth-order valence-corrected chi connectivity index (χ4v) is 1.50. The highest BCUT2D eigenvalue weighted by molar-refractivity contribution is 5.83. The lowest BCUT2D eigenvalue weighted by molar-refractivity contribution is -0.142. The molecule has 0 rings (SSSR count). The topological polar surface area (TPSA) is 105 Å². The summed E-state index contributed by atoms with van der Waals surface area (Å²) in [5.74, 6) is -1.68. The number of amides is 2. The SMILES string of the molecule is CCC(CC)NC(=O)N[C@@H](CCC(=O)OC)C(=O)O. The van der Waals surface area contributed by atoms with Crippen LogP contribution in [-0.4, -0.2) is 42.3 Å². The van der Waals surface area contributed by atoms with E-state index in [1.165, 1.54) is 7.11 Å². The standard InChI is InChI=1S/C12H22N2O5/c1-4-8(5-2)13-12(18)14-9(11(16)17)6-7-10(15)19-3/h8-9H,4-7H2,1-3H3,(H,16,17)(H2,13,14,18)/t9-/m0/s1. The lowest BCUT2D eigenvalue weighted by atomic mass is 10.1. The van der Waals surface area contributed by atoms with Gasteiger partial charge in [0, 0.05) is 12.5 Å². The Hall–Kier alpha value is -1.79. The van der Waals surface area contributed by atoms with E-state index in [1.807, 2.05) is 13.8 Å². The van der Waals surface area contributed by atoms with Crippen LogP contribution in [0.2, 0.25) is 0 Å². The second kappa shape index (κ2) is 9.18. The first kappa shape index (κ1) is 17.2. The third-order valence-electron chi connectivity index (χ3n) is 2.79. The number of carbonyl (C=O) groups excluding carboxylic acids is 2. The number of rotatable bonds is 8. The molecule has 0 radical (unpaired) electrons. The predicted octanol–water partition coefficient (Wildman–Crippen LogP) is 0.881. The molecule has 7 nitrogen and oxygen atoms in total. The van der Waals surface area contributed by atoms with Gasteiger partial charge in [-0.05, 0) is 19.3 Å². The summed E-state index contributed by atoms with van der Waals surface area (Å²) in [5.41, 5.74) is 0. The van der Waals surface area contributed by atoms with Crippen LogP contribution in [-0.2, 0) is 14.3 Å². The van der Waals surface area contributed by atoms with E-state index in [0.29, 0.717) is 0 Å². The highest BCUT2D eigenvalue weighted by Gasteiger charge is 2.21. The highest BCUT2D eigenvalue weighted by Crippen LogP contribution is 2.01. The fraction of sp³-hybridized carbons (Fsp3) is 0.750. The van der Waals surface area contributed by atoms with Crippen molar-refractivity contribution in [2.45, 2.75) is 51.6 Å². The number of carboxylic acid groups (broad SMARTS) is 1. The summed E-state index contributed by atoms with van der Waals surface area (Å²) in [5, 5.41) is 14.0. The molecule has 0 bridgehead atoms. The Bertz CT molecular complexity index is 315. The van der Waals surface area contributed by atoms with E-state index in [1.54, 1.807) is 0 Å². The van der Waals surface area contributed by atoms with Crippen LogP contribution >= 0.6 is 0 Å². The van der Waals surface area contributed by atoms with Gasteiger partial charge in [0.15, 0.2) is 0 Å². The van der Waals surface area contributed by atoms with Crippen LogP contribution < -0.4 is 10.6 Å². The van der Waals surface area contributed by atoms with E-state index in [4.69, 9.17) is 5.11 Å². The third kappa shape index (κ3) is 7.28. The number of ether oxygens (including phenoxy) is 1. The zero-order valence-corrected chi connectivity index (χ0v) is 11.6. The van der Waals surface area contributed by atoms with Crippen molar-refractivity contribution in [3.8, 4) is 0 Å². The van der Waals surface area contributed by atoms with Gasteiger partial charge in [0.25, 0.3) is 0 Å². The van der Waals surface area contributed by atoms with Gasteiger partial charge in [-0.25, -0.2) is 9.59 Å². The molecule has 0 heterocycles. The molecule has 0 unspecified atom stereocenters. The minimum atomic E-state index is -1.18. The summed E-state index contributed by atoms with van der Waals surface area (Å²) < 4.78 is 4.42. The average Bonchev–Trinajstić information content (AvgIpc) is 2.39. The number of hydrogen-bond donors (Lipinski definition) is 3. The molecule has 3 N–H and O–H groups in total. The first-order valence-corrected chi connectivity index (χ1v) is 6.31. The summed E-state index contributed by atoms with van der Waals surface area (Å²) in [6.07, 6.45) is 1.48. The van der Waals surface area contributed by atoms with Crippen molar-refractivity contribution in [1.82, 2.24) is 10.6 Å². The lowest BCUT2D eigenvalue weighted by Gasteiger charge is -2.18. The van der Waals surface area contributed by atoms with Crippen LogP contribution in [0.25, 0.3) is 0 Å². The van der Waals surface area contributed by atoms with Gasteiger partial charge < -0.3 is 20.5 Å². The number of methoxy groups -OCH3 is 1. The summed E-state index contributed by atoms with van der Waals surface area (Å²) in [7, 11) is 1.23. The Morgan fingerprint density at radius 2 is 1.74 bits per heavy atom. The van der Waals surface area contributed by atoms with Crippen molar-refractivity contribution in [3.05, 3.63) is 0 Å². The minimum absolute atomic E-state index is 0.00164. The third-order valence-corrected chi connectivity index (χ3v) is 2.79. The van der Waals surface area contributed by atoms with E-state index >= 15 is 0 Å². The van der Waals surface area contributed by atoms with Crippen LogP contribution in [0, 0.1) is 0 Å². The average molecular weight is 274 g/mol. The van der Waals surface area contributed by atoms with Crippen LogP contribution in [0.3, 0.4) is 0 Å². The highest BCUT2D eigenvalue weighted by atomic mass is 16.5. The Morgan fingerprint density at radius 1 is 1.16 bits per heavy atom. The van der Waals surface area contributed by atoms with E-state index < -0.39 is 24.0 Å². The second-order valence-corrected chi connectivity index (χ2v) is 4.14. The zero-order chi connectivity index (χ0) is 14.8. The number of carbonyl (C=O) groups is 3. The van der Waals surface area contributed by atoms with Crippen molar-refractivity contribution in [1.29, 1.82) is 0 Å². The molecule has 0 aliphatic carbocycles. The van der Waals surface area contributed by atoms with E-state index in [0.717, 1.165) is 12.8 Å². The number of aliphatic carboxylic acids is 1. The van der Waals surface area contributed by atoms with Crippen molar-refractivity contribution in [2.24, 2.45) is 0 Å². The van der Waals surface area contributed by atoms with Gasteiger partial charge in [-0.1, -0.05) is 13.8 Å². The quantitative estimate of drug-likeness (QED) is 0.570. The van der Waals surface area contributed by atoms with Crippen molar-refractivity contribution < 1.29 is 24.2 Å². The fourth-order valence-electron chi connectivity index (χ4n) is 1.50. The van der Waals surface area contributed by atoms with Gasteiger partial charge in [-0.2, -0.15) is 0 Å². The molecule has 19 heavy (non-hydrogen) atoms. The number of esters is 1. The molecule has 0 aromatic rings. The second-order valence-electron chi connectivity index (χ2n) is 4.14. The maximum Gasteiger partial charge on any atom is 0.326 e. The molecular formula is C12H22N2O5. The maximum absolute atomic E-state index is 11.6. The molecule has 0 saturated heterocycles. The summed E-state index contributed by atoms with van der Waals surface area (Å²) in [6, 6.07) is -1.63. The molecule has 2 amide bonds. The van der Waals surface area contributed by atoms with Gasteiger partial charge in [0.05, 0.1) is 7.11 Å². The Balaban J connectivity index is 4.30. The Morgan fingerprint density at radius 3 is 2.16 bits per heavy atom. The largest absolute Gasteiger partial charge is 0.480 e. The van der Waals surface area contributed by atoms with Crippen molar-refractivity contribution in [3.63, 3.8) is 0 Å². The van der Waals surface area contributed by atoms with Crippen molar-refractivity contribution in [2.75, 3.05) is 7.11 Å². The molecule has 0 fully saturated rings. The van der Waals surface area contributed by atoms with Crippen LogP contribution in [0.1, 0.15) is 39.5 Å². The predicted molar refractivity (Wildman–Crippen MR) is 68.7 cm³/mol. The molecule has 0 aliphatic heterocycles. The Kier molecular flexibility index (Phi) is 8.32. The van der Waals surface area contributed by atoms with Crippen LogP contribution in [0.4, 0.5) is 4.79 Å². The number of hydrogen-bond acceptors (Lipinski definition) is 4. The zero-order valence-electron chi connectivity index (χ0n) is 11.6. The number of urea groups is 1. The molecule has 0 saturated carbocycles. The van der Waals surface area contributed by atoms with Gasteiger partial charge in [0.1, 0.15) is 6.04 Å². The lowest BCUT2D eigenvalue weighted by Crippen LogP contribution is -2.48. The van der Waals surface area contributed by atoms with E-state index in [9.17, 15) is 14.4 Å². The van der Waals surface area contributed by atoms with Crippen molar-refractivity contribution >= 4 is 18.0 Å². The molecule has 110 valence electrons. The summed E-state index contributed by atoms with van der Waals surface area (Å²) in [6.45, 7) is 3.86. The molecular weight excluding hydrogens is 252 g/mol.